The van der Waals surface area contributed by atoms with Crippen LogP contribution in [0.3, 0.4) is 0 Å². The first-order valence-electron chi connectivity index (χ1n) is 8.54. The molecule has 0 aliphatic rings. The van der Waals surface area contributed by atoms with Gasteiger partial charge in [-0.2, -0.15) is 105 Å². The topological polar surface area (TPSA) is 0 Å². The van der Waals surface area contributed by atoms with Gasteiger partial charge in [0, 0.05) is 6.42 Å². The van der Waals surface area contributed by atoms with Crippen molar-refractivity contribution in [1.82, 2.24) is 0 Å². The summed E-state index contributed by atoms with van der Waals surface area (Å²) >= 11 is 0. The van der Waals surface area contributed by atoms with Crippen LogP contribution in [0.5, 0.6) is 0 Å². The minimum absolute atomic E-state index is 0.295. The average molecular weight is 648 g/mol. The molecule has 0 atom stereocenters. The molecule has 0 heterocycles. The monoisotopic (exact) mass is 648 g/mol. The van der Waals surface area contributed by atoms with Crippen LogP contribution >= 0.6 is 0 Å². The Labute approximate surface area is 196 Å². The second-order valence-corrected chi connectivity index (χ2v) is 7.31. The normalized spacial score (nSPS) is 17.1. The smallest absolute Gasteiger partial charge is 0.216 e. The predicted octanol–water partition coefficient (Wildman–Crippen LogP) is 8.95. The summed E-state index contributed by atoms with van der Waals surface area (Å²) in [4.78, 5) is 0. The molecule has 39 heavy (non-hydrogen) atoms. The van der Waals surface area contributed by atoms with Gasteiger partial charge in [-0.05, 0) is 0 Å². The van der Waals surface area contributed by atoms with Crippen molar-refractivity contribution >= 4 is 0 Å². The first kappa shape index (κ1) is 37.2. The van der Waals surface area contributed by atoms with E-state index in [4.69, 9.17) is 0 Å². The van der Waals surface area contributed by atoms with Gasteiger partial charge in [-0.3, -0.25) is 0 Å². The summed E-state index contributed by atoms with van der Waals surface area (Å²) in [5.41, 5.74) is -9.10. The van der Waals surface area contributed by atoms with E-state index in [9.17, 15) is 110 Å². The Morgan fingerprint density at radius 2 is 0.462 bits per heavy atom. The lowest BCUT2D eigenvalue weighted by atomic mass is 9.82. The molecular weight excluding hydrogens is 643 g/mol. The maximum atomic E-state index is 13.5. The molecule has 0 aliphatic heterocycles. The Balaban J connectivity index is 7.46. The number of hydrogen-bond acceptors (Lipinski definition) is 0. The highest BCUT2D eigenvalue weighted by atomic mass is 19.4. The Kier molecular flexibility index (Phi) is 8.47. The molecule has 0 spiro atoms. The number of hydrogen-bond donors (Lipinski definition) is 0. The fourth-order valence-electron chi connectivity index (χ4n) is 2.37. The molecular formula is C14H5F25. The minimum atomic E-state index is -9.62. The SMILES string of the molecule is CCC(F)(F)C(F)(F)C(F)(F)C(F)(F)C(F)(F)C(F)(F)C(F)(F)C(F)(F)C(F)(F)C(F)(C(F)(F)F)C(F)(F)F. The summed E-state index contributed by atoms with van der Waals surface area (Å²) in [5.74, 6) is -80.3. The molecule has 0 aromatic carbocycles. The summed E-state index contributed by atoms with van der Waals surface area (Å²) < 4.78 is 328. The van der Waals surface area contributed by atoms with Crippen molar-refractivity contribution in [2.24, 2.45) is 0 Å². The van der Waals surface area contributed by atoms with Crippen molar-refractivity contribution in [2.75, 3.05) is 0 Å². The second-order valence-electron chi connectivity index (χ2n) is 7.31. The lowest BCUT2D eigenvalue weighted by Crippen LogP contribution is -2.79. The molecule has 0 saturated heterocycles. The third-order valence-electron chi connectivity index (χ3n) is 4.88. The molecule has 0 N–H and O–H groups in total. The molecule has 0 nitrogen and oxygen atoms in total. The van der Waals surface area contributed by atoms with E-state index in [1.807, 2.05) is 0 Å². The largest absolute Gasteiger partial charge is 0.438 e. The molecule has 0 rings (SSSR count). The van der Waals surface area contributed by atoms with Crippen molar-refractivity contribution in [3.8, 4) is 0 Å². The second kappa shape index (κ2) is 8.87. The molecule has 0 radical (unpaired) electrons. The zero-order valence-electron chi connectivity index (χ0n) is 17.2. The van der Waals surface area contributed by atoms with Crippen LogP contribution < -0.4 is 0 Å². The fourth-order valence-corrected chi connectivity index (χ4v) is 2.37. The van der Waals surface area contributed by atoms with Gasteiger partial charge < -0.3 is 0 Å². The Morgan fingerprint density at radius 3 is 0.641 bits per heavy atom. The molecule has 0 saturated carbocycles. The first-order chi connectivity index (χ1) is 16.3. The summed E-state index contributed by atoms with van der Waals surface area (Å²) in [6, 6.07) is 0. The van der Waals surface area contributed by atoms with Crippen molar-refractivity contribution in [3.05, 3.63) is 0 Å². The van der Waals surface area contributed by atoms with Crippen LogP contribution in [0.2, 0.25) is 0 Å². The van der Waals surface area contributed by atoms with E-state index < -0.39 is 77.7 Å². The van der Waals surface area contributed by atoms with Crippen LogP contribution in [0.15, 0.2) is 0 Å². The maximum Gasteiger partial charge on any atom is 0.438 e. The van der Waals surface area contributed by atoms with Crippen molar-refractivity contribution in [2.45, 2.75) is 84.7 Å². The van der Waals surface area contributed by atoms with Crippen LogP contribution in [0.1, 0.15) is 13.3 Å². The number of rotatable bonds is 10. The van der Waals surface area contributed by atoms with Gasteiger partial charge in [0.25, 0.3) is 0 Å². The van der Waals surface area contributed by atoms with Gasteiger partial charge in [0.2, 0.25) is 0 Å². The van der Waals surface area contributed by atoms with Crippen molar-refractivity contribution in [3.63, 3.8) is 0 Å². The molecule has 0 aromatic heterocycles. The third-order valence-corrected chi connectivity index (χ3v) is 4.88. The summed E-state index contributed by atoms with van der Waals surface area (Å²) in [7, 11) is 0. The van der Waals surface area contributed by atoms with Gasteiger partial charge >= 0.3 is 71.3 Å². The van der Waals surface area contributed by atoms with Gasteiger partial charge in [0.05, 0.1) is 0 Å². The van der Waals surface area contributed by atoms with Gasteiger partial charge in [-0.1, -0.05) is 6.92 Å². The number of alkyl halides is 25. The molecule has 0 fully saturated rings. The van der Waals surface area contributed by atoms with E-state index in [0.29, 0.717) is 0 Å². The summed E-state index contributed by atoms with van der Waals surface area (Å²) in [6.45, 7) is -0.295. The highest BCUT2D eigenvalue weighted by Crippen LogP contribution is 2.68. The average Bonchev–Trinajstić information content (AvgIpc) is 2.69. The predicted molar refractivity (Wildman–Crippen MR) is 70.8 cm³/mol. The maximum absolute atomic E-state index is 13.5. The van der Waals surface area contributed by atoms with Crippen LogP contribution in [-0.2, 0) is 0 Å². The van der Waals surface area contributed by atoms with E-state index in [1.165, 1.54) is 0 Å². The summed E-state index contributed by atoms with van der Waals surface area (Å²) in [6.07, 6.45) is -19.9. The van der Waals surface area contributed by atoms with Gasteiger partial charge in [-0.15, -0.1) is 0 Å². The van der Waals surface area contributed by atoms with Crippen molar-refractivity contribution < 1.29 is 110 Å². The van der Waals surface area contributed by atoms with Crippen molar-refractivity contribution in [1.29, 1.82) is 0 Å². The molecule has 0 aliphatic carbocycles. The lowest BCUT2D eigenvalue weighted by Gasteiger charge is -2.46. The van der Waals surface area contributed by atoms with E-state index in [-0.39, 0.29) is 6.92 Å². The van der Waals surface area contributed by atoms with Gasteiger partial charge in [0.15, 0.2) is 0 Å². The van der Waals surface area contributed by atoms with Gasteiger partial charge in [0.1, 0.15) is 0 Å². The minimum Gasteiger partial charge on any atom is -0.216 e. The van der Waals surface area contributed by atoms with E-state index in [0.717, 1.165) is 0 Å². The lowest BCUT2D eigenvalue weighted by molar-refractivity contribution is -0.484. The first-order valence-corrected chi connectivity index (χ1v) is 8.54. The van der Waals surface area contributed by atoms with Crippen LogP contribution in [0.4, 0.5) is 110 Å². The molecule has 25 heteroatoms. The number of halogens is 25. The van der Waals surface area contributed by atoms with Crippen LogP contribution in [-0.4, -0.2) is 71.3 Å². The quantitative estimate of drug-likeness (QED) is 0.208. The highest BCUT2D eigenvalue weighted by molar-refractivity contribution is 5.21. The molecule has 0 amide bonds. The highest BCUT2D eigenvalue weighted by Gasteiger charge is 3.00. The van der Waals surface area contributed by atoms with Crippen LogP contribution in [0, 0.1) is 0 Å². The standard InChI is InChI=1S/C14H5F25/c1-2-3(15,16)5(18,19)7(22,23)9(26,27)11(30,31)12(32,33)10(28,29)8(24,25)6(20,21)4(17,13(34,35)36)14(37,38)39/h2H2,1H3. The molecule has 0 unspecified atom stereocenters. The Hall–Kier alpha value is -1.75. The van der Waals surface area contributed by atoms with E-state index >= 15 is 0 Å². The Morgan fingerprint density at radius 1 is 0.282 bits per heavy atom. The third kappa shape index (κ3) is 4.23. The molecule has 236 valence electrons. The zero-order chi connectivity index (χ0) is 32.7. The molecule has 0 bridgehead atoms. The Bertz CT molecular complexity index is 869. The van der Waals surface area contributed by atoms with E-state index in [2.05, 4.69) is 0 Å². The summed E-state index contributed by atoms with van der Waals surface area (Å²) in [5, 5.41) is 0. The van der Waals surface area contributed by atoms with Gasteiger partial charge in [-0.25, -0.2) is 4.39 Å². The molecule has 0 aromatic rings. The van der Waals surface area contributed by atoms with E-state index in [1.54, 1.807) is 0 Å². The fraction of sp³-hybridized carbons (Fsp3) is 1.00. The van der Waals surface area contributed by atoms with Crippen LogP contribution in [0.25, 0.3) is 0 Å². The zero-order valence-corrected chi connectivity index (χ0v) is 17.2.